The summed E-state index contributed by atoms with van der Waals surface area (Å²) in [6.45, 7) is 6.00. The van der Waals surface area contributed by atoms with Crippen molar-refractivity contribution < 1.29 is 14.6 Å². The van der Waals surface area contributed by atoms with Gasteiger partial charge in [-0.05, 0) is 32.3 Å². The molecule has 0 aliphatic rings. The number of phenolic OH excluding ortho intramolecular Hbond substituents is 1. The van der Waals surface area contributed by atoms with Gasteiger partial charge in [-0.3, -0.25) is 0 Å². The number of phenols is 1. The van der Waals surface area contributed by atoms with Gasteiger partial charge < -0.3 is 14.6 Å². The molecule has 0 amide bonds. The van der Waals surface area contributed by atoms with Gasteiger partial charge in [-0.1, -0.05) is 19.1 Å². The number of ether oxygens (including phenoxy) is 1. The first-order valence-corrected chi connectivity index (χ1v) is 6.00. The normalized spacial score (nSPS) is 12.2. The summed E-state index contributed by atoms with van der Waals surface area (Å²) in [7, 11) is 0. The van der Waals surface area contributed by atoms with Crippen molar-refractivity contribution in [2.24, 2.45) is 0 Å². The highest BCUT2D eigenvalue weighted by Gasteiger charge is 2.14. The minimum absolute atomic E-state index is 0.152. The maximum absolute atomic E-state index is 10.9. The average molecular weight is 236 g/mol. The van der Waals surface area contributed by atoms with Gasteiger partial charge >= 0.3 is 0 Å². The van der Waals surface area contributed by atoms with Crippen molar-refractivity contribution in [1.29, 1.82) is 0 Å². The highest BCUT2D eigenvalue weighted by molar-refractivity contribution is 5.75. The van der Waals surface area contributed by atoms with Crippen molar-refractivity contribution >= 4 is 5.78 Å². The second-order valence-electron chi connectivity index (χ2n) is 4.27. The van der Waals surface area contributed by atoms with E-state index in [1.807, 2.05) is 26.0 Å². The highest BCUT2D eigenvalue weighted by atomic mass is 16.5. The Balaban J connectivity index is 2.82. The third-order valence-electron chi connectivity index (χ3n) is 2.79. The molecule has 0 bridgehead atoms. The van der Waals surface area contributed by atoms with Crippen LogP contribution in [0.2, 0.25) is 0 Å². The van der Waals surface area contributed by atoms with Crippen LogP contribution in [0.3, 0.4) is 0 Å². The Morgan fingerprint density at radius 3 is 2.76 bits per heavy atom. The van der Waals surface area contributed by atoms with Gasteiger partial charge in [0.15, 0.2) is 11.5 Å². The summed E-state index contributed by atoms with van der Waals surface area (Å²) in [6, 6.07) is 5.49. The first kappa shape index (κ1) is 13.6. The van der Waals surface area contributed by atoms with E-state index < -0.39 is 0 Å². The van der Waals surface area contributed by atoms with Crippen molar-refractivity contribution in [2.75, 3.05) is 6.61 Å². The molecule has 1 N–H and O–H groups in total. The largest absolute Gasteiger partial charge is 0.504 e. The van der Waals surface area contributed by atoms with Crippen LogP contribution in [0.4, 0.5) is 0 Å². The minimum Gasteiger partial charge on any atom is -0.504 e. The summed E-state index contributed by atoms with van der Waals surface area (Å²) in [5.41, 5.74) is 0.845. The lowest BCUT2D eigenvalue weighted by Gasteiger charge is -2.15. The van der Waals surface area contributed by atoms with E-state index in [0.717, 1.165) is 12.0 Å². The van der Waals surface area contributed by atoms with Crippen LogP contribution in [0.25, 0.3) is 0 Å². The van der Waals surface area contributed by atoms with E-state index in [-0.39, 0.29) is 17.5 Å². The molecule has 3 nitrogen and oxygen atoms in total. The number of para-hydroxylation sites is 1. The van der Waals surface area contributed by atoms with Crippen LogP contribution in [0.15, 0.2) is 18.2 Å². The van der Waals surface area contributed by atoms with Crippen LogP contribution in [0.5, 0.6) is 11.5 Å². The summed E-state index contributed by atoms with van der Waals surface area (Å²) >= 11 is 0. The van der Waals surface area contributed by atoms with Crippen molar-refractivity contribution in [3.8, 4) is 11.5 Å². The third-order valence-corrected chi connectivity index (χ3v) is 2.79. The van der Waals surface area contributed by atoms with E-state index in [0.29, 0.717) is 18.8 Å². The lowest BCUT2D eigenvalue weighted by molar-refractivity contribution is -0.117. The highest BCUT2D eigenvalue weighted by Crippen LogP contribution is 2.36. The molecule has 1 unspecified atom stereocenters. The second kappa shape index (κ2) is 6.28. The molecule has 1 rings (SSSR count). The Kier molecular flexibility index (Phi) is 5.01. The fourth-order valence-electron chi connectivity index (χ4n) is 1.78. The van der Waals surface area contributed by atoms with E-state index in [1.54, 1.807) is 13.0 Å². The second-order valence-corrected chi connectivity index (χ2v) is 4.27. The van der Waals surface area contributed by atoms with Gasteiger partial charge in [-0.2, -0.15) is 0 Å². The number of carbonyl (C=O) groups is 1. The molecule has 0 saturated heterocycles. The molecule has 1 aromatic rings. The van der Waals surface area contributed by atoms with E-state index in [2.05, 4.69) is 0 Å². The minimum atomic E-state index is 0.152. The van der Waals surface area contributed by atoms with Crippen LogP contribution < -0.4 is 4.74 Å². The molecule has 17 heavy (non-hydrogen) atoms. The van der Waals surface area contributed by atoms with E-state index in [4.69, 9.17) is 4.74 Å². The zero-order valence-electron chi connectivity index (χ0n) is 10.7. The predicted molar refractivity (Wildman–Crippen MR) is 67.6 cm³/mol. The molecule has 94 valence electrons. The molecule has 0 aliphatic carbocycles. The summed E-state index contributed by atoms with van der Waals surface area (Å²) in [5, 5.41) is 10.0. The molecule has 0 aromatic heterocycles. The Bertz CT molecular complexity index is 385. The third kappa shape index (κ3) is 3.77. The number of hydrogen-bond acceptors (Lipinski definition) is 3. The Hall–Kier alpha value is -1.51. The van der Waals surface area contributed by atoms with Crippen molar-refractivity contribution in [3.63, 3.8) is 0 Å². The fourth-order valence-corrected chi connectivity index (χ4v) is 1.78. The molecule has 1 atom stereocenters. The number of benzene rings is 1. The van der Waals surface area contributed by atoms with Gasteiger partial charge in [0.2, 0.25) is 0 Å². The number of carbonyl (C=O) groups excluding carboxylic acids is 1. The maximum atomic E-state index is 10.9. The monoisotopic (exact) mass is 236 g/mol. The Morgan fingerprint density at radius 1 is 1.47 bits per heavy atom. The molecule has 1 aromatic carbocycles. The van der Waals surface area contributed by atoms with Gasteiger partial charge in [-0.15, -0.1) is 0 Å². The van der Waals surface area contributed by atoms with Gasteiger partial charge in [-0.25, -0.2) is 0 Å². The van der Waals surface area contributed by atoms with Gasteiger partial charge in [0, 0.05) is 12.0 Å². The van der Waals surface area contributed by atoms with Gasteiger partial charge in [0.25, 0.3) is 0 Å². The lowest BCUT2D eigenvalue weighted by Crippen LogP contribution is -2.00. The lowest BCUT2D eigenvalue weighted by atomic mass is 9.94. The Labute approximate surface area is 102 Å². The van der Waals surface area contributed by atoms with E-state index in [9.17, 15) is 9.90 Å². The number of Topliss-reactive ketones (excluding diaryl/α,β-unsaturated/α-hetero) is 1. The van der Waals surface area contributed by atoms with Crippen molar-refractivity contribution in [3.05, 3.63) is 23.8 Å². The van der Waals surface area contributed by atoms with E-state index in [1.165, 1.54) is 0 Å². The van der Waals surface area contributed by atoms with Gasteiger partial charge in [0.05, 0.1) is 6.61 Å². The molecular weight excluding hydrogens is 216 g/mol. The van der Waals surface area contributed by atoms with Crippen molar-refractivity contribution in [2.45, 2.75) is 39.5 Å². The molecule has 0 radical (unpaired) electrons. The van der Waals surface area contributed by atoms with Crippen LogP contribution in [-0.4, -0.2) is 17.5 Å². The summed E-state index contributed by atoms with van der Waals surface area (Å²) < 4.78 is 5.34. The first-order chi connectivity index (χ1) is 8.06. The van der Waals surface area contributed by atoms with Crippen LogP contribution >= 0.6 is 0 Å². The fraction of sp³-hybridized carbons (Fsp3) is 0.500. The molecule has 3 heteroatoms. The average Bonchev–Trinajstić information content (AvgIpc) is 2.29. The summed E-state index contributed by atoms with van der Waals surface area (Å²) in [5.74, 6) is 1.04. The molecular formula is C14H20O3. The van der Waals surface area contributed by atoms with Gasteiger partial charge in [0.1, 0.15) is 5.78 Å². The topological polar surface area (TPSA) is 46.5 Å². The number of aromatic hydroxyl groups is 1. The smallest absolute Gasteiger partial charge is 0.161 e. The number of hydrogen-bond donors (Lipinski definition) is 1. The zero-order valence-corrected chi connectivity index (χ0v) is 10.7. The molecule has 0 heterocycles. The molecule has 0 saturated carbocycles. The maximum Gasteiger partial charge on any atom is 0.161 e. The summed E-state index contributed by atoms with van der Waals surface area (Å²) in [6.07, 6.45) is 1.29. The Morgan fingerprint density at radius 2 is 2.18 bits per heavy atom. The molecule has 0 spiro atoms. The SMILES string of the molecule is CCOc1cccc(C(C)CCC(C)=O)c1O. The number of rotatable bonds is 6. The molecule has 0 fully saturated rings. The van der Waals surface area contributed by atoms with Crippen LogP contribution in [0.1, 0.15) is 45.1 Å². The predicted octanol–water partition coefficient (Wildman–Crippen LogP) is 3.26. The quantitative estimate of drug-likeness (QED) is 0.824. The first-order valence-electron chi connectivity index (χ1n) is 6.00. The van der Waals surface area contributed by atoms with Crippen molar-refractivity contribution in [1.82, 2.24) is 0 Å². The number of ketones is 1. The zero-order chi connectivity index (χ0) is 12.8. The van der Waals surface area contributed by atoms with Crippen LogP contribution in [0, 0.1) is 0 Å². The summed E-state index contributed by atoms with van der Waals surface area (Å²) in [4.78, 5) is 10.9. The van der Waals surface area contributed by atoms with Crippen LogP contribution in [-0.2, 0) is 4.79 Å². The standard InChI is InChI=1S/C14H20O3/c1-4-17-13-7-5-6-12(14(13)16)10(2)8-9-11(3)15/h5-7,10,16H,4,8-9H2,1-3H3. The van der Waals surface area contributed by atoms with E-state index >= 15 is 0 Å². The molecule has 0 aliphatic heterocycles.